The van der Waals surface area contributed by atoms with Crippen molar-refractivity contribution in [2.75, 3.05) is 11.9 Å². The van der Waals surface area contributed by atoms with Gasteiger partial charge in [0, 0.05) is 42.7 Å². The Morgan fingerprint density at radius 1 is 1.08 bits per heavy atom. The number of hydrogen-bond donors (Lipinski definition) is 1. The molecule has 1 aliphatic rings. The summed E-state index contributed by atoms with van der Waals surface area (Å²) >= 11 is 1.68. The number of hydrogen-bond acceptors (Lipinski definition) is 7. The Bertz CT molecular complexity index is 1400. The number of nitrogens with zero attached hydrogens (tertiary/aromatic N) is 4. The fraction of sp³-hybridized carbons (Fsp3) is 0.276. The van der Waals surface area contributed by atoms with Crippen LogP contribution in [0.2, 0.25) is 0 Å². The van der Waals surface area contributed by atoms with Crippen molar-refractivity contribution in [3.63, 3.8) is 0 Å². The Morgan fingerprint density at radius 2 is 1.89 bits per heavy atom. The van der Waals surface area contributed by atoms with Crippen LogP contribution in [0.1, 0.15) is 48.0 Å². The highest BCUT2D eigenvalue weighted by atomic mass is 32.1. The van der Waals surface area contributed by atoms with Crippen molar-refractivity contribution >= 4 is 22.2 Å². The van der Waals surface area contributed by atoms with E-state index in [0.717, 1.165) is 53.9 Å². The third kappa shape index (κ3) is 5.40. The second kappa shape index (κ2) is 10.1. The van der Waals surface area contributed by atoms with Crippen LogP contribution in [-0.2, 0) is 24.9 Å². The summed E-state index contributed by atoms with van der Waals surface area (Å²) in [6.07, 6.45) is 2.66. The molecule has 0 fully saturated rings. The lowest BCUT2D eigenvalue weighted by atomic mass is 9.86. The number of nitrogens with one attached hydrogen (secondary N) is 1. The van der Waals surface area contributed by atoms with E-state index in [2.05, 4.69) is 48.1 Å². The Balaban J connectivity index is 1.30. The average Bonchev–Trinajstić information content (AvgIpc) is 3.27. The zero-order chi connectivity index (χ0) is 25.1. The van der Waals surface area contributed by atoms with E-state index in [4.69, 9.17) is 15.0 Å². The molecule has 7 heteroatoms. The van der Waals surface area contributed by atoms with Gasteiger partial charge in [-0.3, -0.25) is 4.90 Å². The number of nitriles is 1. The molecule has 0 bridgehead atoms. The average molecular weight is 496 g/mol. The van der Waals surface area contributed by atoms with Crippen molar-refractivity contribution in [2.24, 2.45) is 0 Å². The van der Waals surface area contributed by atoms with Crippen LogP contribution in [0.3, 0.4) is 0 Å². The molecule has 0 amide bonds. The number of benzene rings is 2. The van der Waals surface area contributed by atoms with Crippen molar-refractivity contribution < 1.29 is 4.74 Å². The molecule has 2 aromatic heterocycles. The van der Waals surface area contributed by atoms with Crippen LogP contribution in [0.15, 0.2) is 66.9 Å². The van der Waals surface area contributed by atoms with Crippen LogP contribution in [0.5, 0.6) is 11.6 Å². The van der Waals surface area contributed by atoms with Gasteiger partial charge >= 0.3 is 0 Å². The van der Waals surface area contributed by atoms with Gasteiger partial charge < -0.3 is 10.1 Å². The molecular weight excluding hydrogens is 466 g/mol. The number of fused-ring (bicyclic) bond motifs is 1. The normalized spacial score (nSPS) is 13.6. The third-order valence-corrected chi connectivity index (χ3v) is 7.21. The highest BCUT2D eigenvalue weighted by Gasteiger charge is 2.23. The number of pyridine rings is 1. The number of anilines is 2. The fourth-order valence-corrected chi connectivity index (χ4v) is 5.40. The molecule has 1 aliphatic heterocycles. The van der Waals surface area contributed by atoms with Crippen molar-refractivity contribution in [3.05, 3.63) is 94.1 Å². The van der Waals surface area contributed by atoms with Gasteiger partial charge in [-0.25, -0.2) is 9.97 Å². The van der Waals surface area contributed by atoms with Crippen molar-refractivity contribution in [3.8, 4) is 17.7 Å². The van der Waals surface area contributed by atoms with Gasteiger partial charge in [0.1, 0.15) is 11.4 Å². The van der Waals surface area contributed by atoms with Crippen LogP contribution in [-0.4, -0.2) is 21.4 Å². The molecule has 1 N–H and O–H groups in total. The maximum Gasteiger partial charge on any atom is 0.243 e. The molecule has 0 atom stereocenters. The van der Waals surface area contributed by atoms with Crippen LogP contribution in [0.4, 0.5) is 10.8 Å². The fourth-order valence-electron chi connectivity index (χ4n) is 4.34. The molecule has 0 aliphatic carbocycles. The topological polar surface area (TPSA) is 74.1 Å². The third-order valence-electron chi connectivity index (χ3n) is 6.21. The second-order valence-electron chi connectivity index (χ2n) is 9.99. The molecule has 0 radical (unpaired) electrons. The maximum absolute atomic E-state index is 9.02. The monoisotopic (exact) mass is 495 g/mol. The molecule has 3 heterocycles. The number of thiazole rings is 1. The minimum atomic E-state index is -0.0447. The van der Waals surface area contributed by atoms with Crippen molar-refractivity contribution in [1.29, 1.82) is 5.26 Å². The van der Waals surface area contributed by atoms with E-state index < -0.39 is 0 Å². The van der Waals surface area contributed by atoms with E-state index in [9.17, 15) is 0 Å². The van der Waals surface area contributed by atoms with Crippen LogP contribution in [0, 0.1) is 11.3 Å². The summed E-state index contributed by atoms with van der Waals surface area (Å²) in [5.74, 6) is 1.34. The first kappa shape index (κ1) is 24.0. The lowest BCUT2D eigenvalue weighted by Gasteiger charge is -2.25. The van der Waals surface area contributed by atoms with E-state index in [1.807, 2.05) is 54.6 Å². The zero-order valence-electron chi connectivity index (χ0n) is 20.8. The van der Waals surface area contributed by atoms with E-state index in [1.165, 1.54) is 10.4 Å². The Kier molecular flexibility index (Phi) is 6.73. The molecule has 0 unspecified atom stereocenters. The molecule has 0 spiro atoms. The number of aromatic nitrogens is 2. The van der Waals surface area contributed by atoms with E-state index in [-0.39, 0.29) is 5.41 Å². The molecule has 0 saturated carbocycles. The van der Waals surface area contributed by atoms with Gasteiger partial charge in [0.15, 0.2) is 5.13 Å². The van der Waals surface area contributed by atoms with Gasteiger partial charge in [0.05, 0.1) is 17.3 Å². The first-order valence-electron chi connectivity index (χ1n) is 12.1. The number of rotatable bonds is 6. The summed E-state index contributed by atoms with van der Waals surface area (Å²) in [7, 11) is 0. The van der Waals surface area contributed by atoms with Crippen LogP contribution >= 0.6 is 11.3 Å². The Morgan fingerprint density at radius 3 is 2.67 bits per heavy atom. The van der Waals surface area contributed by atoms with Crippen molar-refractivity contribution in [1.82, 2.24) is 14.9 Å². The quantitative estimate of drug-likeness (QED) is 0.317. The molecule has 5 rings (SSSR count). The minimum Gasteiger partial charge on any atom is -0.437 e. The molecule has 0 saturated heterocycles. The van der Waals surface area contributed by atoms with Gasteiger partial charge in [-0.05, 0) is 41.3 Å². The highest BCUT2D eigenvalue weighted by Crippen LogP contribution is 2.37. The summed E-state index contributed by atoms with van der Waals surface area (Å²) in [6.45, 7) is 9.22. The van der Waals surface area contributed by atoms with Crippen molar-refractivity contribution in [2.45, 2.75) is 45.7 Å². The summed E-state index contributed by atoms with van der Waals surface area (Å²) in [5, 5.41) is 13.3. The highest BCUT2D eigenvalue weighted by molar-refractivity contribution is 7.15. The standard InChI is InChI=1S/C29H29N5OS/c1-29(2,3)22-7-4-5-9-25(22)35-27-24(8-6-15-31-27)33-28-32-23-14-16-34(19-26(23)36-28)18-21-12-10-20(17-30)11-13-21/h4-13,15H,14,16,18-19H2,1-3H3,(H,32,33). The van der Waals surface area contributed by atoms with E-state index in [0.29, 0.717) is 11.4 Å². The number of para-hydroxylation sites is 1. The summed E-state index contributed by atoms with van der Waals surface area (Å²) < 4.78 is 6.32. The molecular formula is C29H29N5OS. The van der Waals surface area contributed by atoms with E-state index >= 15 is 0 Å². The molecule has 36 heavy (non-hydrogen) atoms. The van der Waals surface area contributed by atoms with Crippen LogP contribution < -0.4 is 10.1 Å². The lowest BCUT2D eigenvalue weighted by Crippen LogP contribution is -2.29. The van der Waals surface area contributed by atoms with Gasteiger partial charge in [-0.1, -0.05) is 51.1 Å². The van der Waals surface area contributed by atoms with Crippen LogP contribution in [0.25, 0.3) is 0 Å². The molecule has 2 aromatic carbocycles. The molecule has 4 aromatic rings. The summed E-state index contributed by atoms with van der Waals surface area (Å²) in [4.78, 5) is 13.1. The predicted molar refractivity (Wildman–Crippen MR) is 144 cm³/mol. The van der Waals surface area contributed by atoms with Gasteiger partial charge in [-0.15, -0.1) is 11.3 Å². The second-order valence-corrected chi connectivity index (χ2v) is 11.1. The zero-order valence-corrected chi connectivity index (χ0v) is 21.6. The first-order valence-corrected chi connectivity index (χ1v) is 12.9. The Labute approximate surface area is 216 Å². The number of ether oxygens (including phenoxy) is 1. The predicted octanol–water partition coefficient (Wildman–Crippen LogP) is 6.80. The SMILES string of the molecule is CC(C)(C)c1ccccc1Oc1ncccc1Nc1nc2c(s1)CN(Cc1ccc(C#N)cc1)CC2. The van der Waals surface area contributed by atoms with Gasteiger partial charge in [0.2, 0.25) is 5.88 Å². The maximum atomic E-state index is 9.02. The van der Waals surface area contributed by atoms with E-state index in [1.54, 1.807) is 17.5 Å². The smallest absolute Gasteiger partial charge is 0.243 e. The Hall–Kier alpha value is -3.73. The summed E-state index contributed by atoms with van der Waals surface area (Å²) in [6, 6.07) is 22.0. The van der Waals surface area contributed by atoms with Gasteiger partial charge in [0.25, 0.3) is 0 Å². The first-order chi connectivity index (χ1) is 17.4. The summed E-state index contributed by atoms with van der Waals surface area (Å²) in [5.41, 5.74) is 4.95. The minimum absolute atomic E-state index is 0.0447. The van der Waals surface area contributed by atoms with Gasteiger partial charge in [-0.2, -0.15) is 5.26 Å². The lowest BCUT2D eigenvalue weighted by molar-refractivity contribution is 0.247. The molecule has 182 valence electrons. The largest absolute Gasteiger partial charge is 0.437 e. The molecule has 6 nitrogen and oxygen atoms in total.